The molecule has 0 saturated carbocycles. The van der Waals surface area contributed by atoms with Crippen LogP contribution >= 0.6 is 0 Å². The van der Waals surface area contributed by atoms with Gasteiger partial charge in [0.05, 0.1) is 11.5 Å². The molecule has 2 aromatic carbocycles. The van der Waals surface area contributed by atoms with Gasteiger partial charge in [0.2, 0.25) is 0 Å². The van der Waals surface area contributed by atoms with E-state index in [4.69, 9.17) is 0 Å². The number of likely N-dealkylation sites (tertiary alicyclic amines) is 1. The standard InChI is InChI=1S/C30H40F3N5O3/c1-29(2,3)22-4-7-25(8-5-22)37-18-16-35(17-19-37)15-12-26(39)21-36-13-10-23(11-14-36)34-24-6-9-28(38(40)41)27(20-24)30(31,32)33/h4-9,20,23,34H,10-19,21H2,1-3H3. The molecule has 0 aromatic heterocycles. The Hall–Kier alpha value is -3.18. The van der Waals surface area contributed by atoms with Crippen molar-refractivity contribution in [2.24, 2.45) is 0 Å². The van der Waals surface area contributed by atoms with Crippen LogP contribution in [0.4, 0.5) is 30.2 Å². The molecule has 4 rings (SSSR count). The van der Waals surface area contributed by atoms with E-state index < -0.39 is 22.4 Å². The highest BCUT2D eigenvalue weighted by Crippen LogP contribution is 2.38. The maximum atomic E-state index is 13.3. The van der Waals surface area contributed by atoms with E-state index in [-0.39, 0.29) is 22.9 Å². The first-order valence-corrected chi connectivity index (χ1v) is 14.2. The van der Waals surface area contributed by atoms with E-state index in [1.165, 1.54) is 17.3 Å². The molecular formula is C30H40F3N5O3. The minimum Gasteiger partial charge on any atom is -0.382 e. The Balaban J connectivity index is 1.16. The lowest BCUT2D eigenvalue weighted by Gasteiger charge is -2.36. The van der Waals surface area contributed by atoms with Gasteiger partial charge in [0.15, 0.2) is 0 Å². The summed E-state index contributed by atoms with van der Waals surface area (Å²) in [6.07, 6.45) is -2.97. The number of hydrogen-bond donors (Lipinski definition) is 1. The van der Waals surface area contributed by atoms with Gasteiger partial charge in [-0.2, -0.15) is 13.2 Å². The minimum absolute atomic E-state index is 0.0650. The number of alkyl halides is 3. The number of piperidine rings is 1. The van der Waals surface area contributed by atoms with Gasteiger partial charge in [0, 0.05) is 75.7 Å². The highest BCUT2D eigenvalue weighted by Gasteiger charge is 2.38. The number of Topliss-reactive ketones (excluding diaryl/α,β-unsaturated/α-hetero) is 1. The fraction of sp³-hybridized carbons (Fsp3) is 0.567. The molecule has 41 heavy (non-hydrogen) atoms. The molecule has 2 heterocycles. The number of carbonyl (C=O) groups is 1. The molecule has 2 fully saturated rings. The third kappa shape index (κ3) is 8.42. The van der Waals surface area contributed by atoms with Crippen molar-refractivity contribution in [1.29, 1.82) is 0 Å². The number of anilines is 2. The first kappa shape index (κ1) is 30.8. The van der Waals surface area contributed by atoms with Crippen molar-refractivity contribution in [3.05, 3.63) is 63.7 Å². The zero-order chi connectivity index (χ0) is 29.8. The number of nitro groups is 1. The van der Waals surface area contributed by atoms with Crippen LogP contribution < -0.4 is 10.2 Å². The highest BCUT2D eigenvalue weighted by atomic mass is 19.4. The third-order valence-electron chi connectivity index (χ3n) is 8.03. The summed E-state index contributed by atoms with van der Waals surface area (Å²) in [4.78, 5) is 29.5. The lowest BCUT2D eigenvalue weighted by atomic mass is 9.87. The van der Waals surface area contributed by atoms with E-state index >= 15 is 0 Å². The zero-order valence-electron chi connectivity index (χ0n) is 24.0. The average Bonchev–Trinajstić information content (AvgIpc) is 2.92. The Bertz CT molecular complexity index is 1200. The van der Waals surface area contributed by atoms with E-state index in [0.717, 1.165) is 44.9 Å². The van der Waals surface area contributed by atoms with E-state index in [1.807, 2.05) is 0 Å². The summed E-state index contributed by atoms with van der Waals surface area (Å²) in [5.74, 6) is 0.196. The van der Waals surface area contributed by atoms with Crippen LogP contribution in [0.1, 0.15) is 51.2 Å². The molecule has 224 valence electrons. The van der Waals surface area contributed by atoms with Crippen LogP contribution in [-0.4, -0.2) is 78.9 Å². The van der Waals surface area contributed by atoms with E-state index in [9.17, 15) is 28.1 Å². The highest BCUT2D eigenvalue weighted by molar-refractivity contribution is 5.80. The maximum absolute atomic E-state index is 13.3. The molecule has 2 aliphatic heterocycles. The molecule has 2 aromatic rings. The number of nitro benzene ring substituents is 1. The summed E-state index contributed by atoms with van der Waals surface area (Å²) in [5.41, 5.74) is 0.690. The summed E-state index contributed by atoms with van der Waals surface area (Å²) in [5, 5.41) is 14.1. The van der Waals surface area contributed by atoms with Gasteiger partial charge in [0.1, 0.15) is 11.3 Å². The Morgan fingerprint density at radius 2 is 1.59 bits per heavy atom. The summed E-state index contributed by atoms with van der Waals surface area (Å²) in [7, 11) is 0. The van der Waals surface area contributed by atoms with Gasteiger partial charge in [-0.05, 0) is 48.1 Å². The summed E-state index contributed by atoms with van der Waals surface area (Å²) < 4.78 is 39.8. The Kier molecular flexibility index (Phi) is 9.59. The van der Waals surface area contributed by atoms with Gasteiger partial charge >= 0.3 is 6.18 Å². The number of halogens is 3. The van der Waals surface area contributed by atoms with Gasteiger partial charge in [-0.3, -0.25) is 24.7 Å². The monoisotopic (exact) mass is 575 g/mol. The SMILES string of the molecule is CC(C)(C)c1ccc(N2CCN(CCC(=O)CN3CCC(Nc4ccc([N+](=O)[O-])c(C(F)(F)F)c4)CC3)CC2)cc1. The third-order valence-corrected chi connectivity index (χ3v) is 8.03. The second-order valence-electron chi connectivity index (χ2n) is 12.1. The number of benzene rings is 2. The Morgan fingerprint density at radius 3 is 2.15 bits per heavy atom. The van der Waals surface area contributed by atoms with Gasteiger partial charge in [-0.15, -0.1) is 0 Å². The number of nitrogens with one attached hydrogen (secondary N) is 1. The lowest BCUT2D eigenvalue weighted by Crippen LogP contribution is -2.47. The van der Waals surface area contributed by atoms with E-state index in [0.29, 0.717) is 38.9 Å². The largest absolute Gasteiger partial charge is 0.423 e. The van der Waals surface area contributed by atoms with Gasteiger partial charge in [0.25, 0.3) is 5.69 Å². The number of hydrogen-bond acceptors (Lipinski definition) is 7. The molecule has 2 aliphatic rings. The van der Waals surface area contributed by atoms with Crippen LogP contribution in [0.25, 0.3) is 0 Å². The quantitative estimate of drug-likeness (QED) is 0.309. The molecule has 8 nitrogen and oxygen atoms in total. The van der Waals surface area contributed by atoms with Crippen LogP contribution in [0, 0.1) is 10.1 Å². The molecule has 2 saturated heterocycles. The van der Waals surface area contributed by atoms with Gasteiger partial charge < -0.3 is 10.2 Å². The first-order valence-electron chi connectivity index (χ1n) is 14.2. The Labute approximate surface area is 239 Å². The molecule has 0 atom stereocenters. The number of piperazine rings is 1. The molecule has 0 amide bonds. The van der Waals surface area contributed by atoms with Crippen molar-refractivity contribution in [2.75, 3.05) is 62.6 Å². The van der Waals surface area contributed by atoms with Crippen molar-refractivity contribution in [3.63, 3.8) is 0 Å². The zero-order valence-corrected chi connectivity index (χ0v) is 24.0. The van der Waals surface area contributed by atoms with Crippen LogP contribution in [0.15, 0.2) is 42.5 Å². The number of carbonyl (C=O) groups excluding carboxylic acids is 1. The molecule has 0 bridgehead atoms. The van der Waals surface area contributed by atoms with E-state index in [2.05, 4.69) is 65.1 Å². The van der Waals surface area contributed by atoms with Crippen molar-refractivity contribution < 1.29 is 22.9 Å². The number of nitrogens with zero attached hydrogens (tertiary/aromatic N) is 4. The van der Waals surface area contributed by atoms with Crippen LogP contribution in [0.5, 0.6) is 0 Å². The normalized spacial score (nSPS) is 18.0. The van der Waals surface area contributed by atoms with Crippen molar-refractivity contribution in [3.8, 4) is 0 Å². The first-order chi connectivity index (χ1) is 19.3. The number of rotatable bonds is 9. The topological polar surface area (TPSA) is 82.0 Å². The lowest BCUT2D eigenvalue weighted by molar-refractivity contribution is -0.388. The molecule has 0 aliphatic carbocycles. The molecular weight excluding hydrogens is 535 g/mol. The molecule has 11 heteroatoms. The van der Waals surface area contributed by atoms with Gasteiger partial charge in [-0.25, -0.2) is 0 Å². The summed E-state index contributed by atoms with van der Waals surface area (Å²) >= 11 is 0. The van der Waals surface area contributed by atoms with Crippen LogP contribution in [-0.2, 0) is 16.4 Å². The second kappa shape index (κ2) is 12.8. The number of ketones is 1. The molecule has 1 N–H and O–H groups in total. The minimum atomic E-state index is -4.81. The molecule has 0 radical (unpaired) electrons. The van der Waals surface area contributed by atoms with Crippen LogP contribution in [0.2, 0.25) is 0 Å². The fourth-order valence-electron chi connectivity index (χ4n) is 5.50. The smallest absolute Gasteiger partial charge is 0.382 e. The van der Waals surface area contributed by atoms with Gasteiger partial charge in [-0.1, -0.05) is 32.9 Å². The predicted octanol–water partition coefficient (Wildman–Crippen LogP) is 5.57. The Morgan fingerprint density at radius 1 is 0.951 bits per heavy atom. The van der Waals surface area contributed by atoms with Crippen molar-refractivity contribution >= 4 is 22.8 Å². The summed E-state index contributed by atoms with van der Waals surface area (Å²) in [6.45, 7) is 12.8. The predicted molar refractivity (Wildman–Crippen MR) is 155 cm³/mol. The van der Waals surface area contributed by atoms with Crippen molar-refractivity contribution in [2.45, 2.75) is 57.7 Å². The molecule has 0 unspecified atom stereocenters. The van der Waals surface area contributed by atoms with Crippen LogP contribution in [0.3, 0.4) is 0 Å². The van der Waals surface area contributed by atoms with E-state index in [1.54, 1.807) is 0 Å². The average molecular weight is 576 g/mol. The van der Waals surface area contributed by atoms with Crippen molar-refractivity contribution in [1.82, 2.24) is 9.80 Å². The second-order valence-corrected chi connectivity index (χ2v) is 12.1. The maximum Gasteiger partial charge on any atom is 0.423 e. The molecule has 0 spiro atoms. The summed E-state index contributed by atoms with van der Waals surface area (Å²) in [6, 6.07) is 11.8. The fourth-order valence-corrected chi connectivity index (χ4v) is 5.50.